The van der Waals surface area contributed by atoms with Gasteiger partial charge in [-0.15, -0.1) is 0 Å². The maximum atomic E-state index is 12.8. The Balaban J connectivity index is 2.37. The maximum absolute atomic E-state index is 12.8. The molecule has 0 saturated heterocycles. The van der Waals surface area contributed by atoms with Crippen LogP contribution in [0, 0.1) is 0 Å². The molecule has 0 unspecified atom stereocenters. The van der Waals surface area contributed by atoms with Crippen LogP contribution < -0.4 is 10.0 Å². The fourth-order valence-electron chi connectivity index (χ4n) is 2.37. The number of aryl methyl sites for hydroxylation is 1. The molecule has 0 atom stereocenters. The fraction of sp³-hybridized carbons (Fsp3) is 0.235. The Hall–Kier alpha value is -2.55. The van der Waals surface area contributed by atoms with Crippen molar-refractivity contribution in [2.45, 2.75) is 31.3 Å². The average Bonchev–Trinajstić information content (AvgIpc) is 2.53. The molecule has 0 fully saturated rings. The van der Waals surface area contributed by atoms with Gasteiger partial charge in [0.2, 0.25) is 5.91 Å². The van der Waals surface area contributed by atoms with Gasteiger partial charge in [0.15, 0.2) is 0 Å². The third kappa shape index (κ3) is 4.75. The zero-order valence-electron chi connectivity index (χ0n) is 14.0. The van der Waals surface area contributed by atoms with Crippen molar-refractivity contribution in [3.05, 3.63) is 53.6 Å². The molecule has 5 nitrogen and oxygen atoms in total. The van der Waals surface area contributed by atoms with E-state index in [1.165, 1.54) is 31.2 Å². The molecular formula is C17H17F3N2O3S. The number of rotatable bonds is 5. The molecule has 0 aliphatic rings. The van der Waals surface area contributed by atoms with Gasteiger partial charge in [-0.1, -0.05) is 13.0 Å². The monoisotopic (exact) mass is 386 g/mol. The number of sulfonamides is 1. The highest BCUT2D eigenvalue weighted by molar-refractivity contribution is 7.92. The van der Waals surface area contributed by atoms with E-state index in [-0.39, 0.29) is 16.5 Å². The zero-order valence-corrected chi connectivity index (χ0v) is 14.8. The molecule has 9 heteroatoms. The van der Waals surface area contributed by atoms with Crippen molar-refractivity contribution in [1.82, 2.24) is 0 Å². The Bertz CT molecular complexity index is 925. The Morgan fingerprint density at radius 2 is 1.77 bits per heavy atom. The molecule has 0 heterocycles. The van der Waals surface area contributed by atoms with Crippen molar-refractivity contribution in [3.63, 3.8) is 0 Å². The van der Waals surface area contributed by atoms with Gasteiger partial charge in [0.25, 0.3) is 10.0 Å². The summed E-state index contributed by atoms with van der Waals surface area (Å²) in [7, 11) is -4.09. The van der Waals surface area contributed by atoms with Gasteiger partial charge >= 0.3 is 6.18 Å². The minimum atomic E-state index is -4.57. The Morgan fingerprint density at radius 3 is 2.35 bits per heavy atom. The number of anilines is 2. The van der Waals surface area contributed by atoms with Crippen LogP contribution in [-0.2, 0) is 27.4 Å². The third-order valence-electron chi connectivity index (χ3n) is 3.49. The molecular weight excluding hydrogens is 369 g/mol. The molecule has 2 rings (SSSR count). The number of hydrogen-bond acceptors (Lipinski definition) is 3. The second-order valence-corrected chi connectivity index (χ2v) is 7.19. The van der Waals surface area contributed by atoms with Crippen LogP contribution in [0.15, 0.2) is 47.4 Å². The van der Waals surface area contributed by atoms with Crippen molar-refractivity contribution in [2.24, 2.45) is 0 Å². The third-order valence-corrected chi connectivity index (χ3v) is 4.98. The number of halogens is 3. The van der Waals surface area contributed by atoms with Crippen LogP contribution in [0.2, 0.25) is 0 Å². The number of alkyl halides is 3. The van der Waals surface area contributed by atoms with Crippen LogP contribution >= 0.6 is 0 Å². The number of hydrogen-bond donors (Lipinski definition) is 2. The summed E-state index contributed by atoms with van der Waals surface area (Å²) >= 11 is 0. The molecule has 26 heavy (non-hydrogen) atoms. The highest BCUT2D eigenvalue weighted by Gasteiger charge is 2.30. The summed E-state index contributed by atoms with van der Waals surface area (Å²) in [6.45, 7) is 3.06. The first kappa shape index (κ1) is 19.8. The van der Waals surface area contributed by atoms with Crippen LogP contribution in [-0.4, -0.2) is 14.3 Å². The molecule has 0 saturated carbocycles. The van der Waals surface area contributed by atoms with Gasteiger partial charge < -0.3 is 5.32 Å². The molecule has 0 spiro atoms. The predicted octanol–water partition coefficient (Wildman–Crippen LogP) is 4.03. The van der Waals surface area contributed by atoms with Gasteiger partial charge in [-0.25, -0.2) is 8.42 Å². The van der Waals surface area contributed by atoms with E-state index in [9.17, 15) is 26.4 Å². The highest BCUT2D eigenvalue weighted by atomic mass is 32.2. The van der Waals surface area contributed by atoms with Crippen molar-refractivity contribution in [3.8, 4) is 0 Å². The highest BCUT2D eigenvalue weighted by Crippen LogP contribution is 2.31. The van der Waals surface area contributed by atoms with Gasteiger partial charge in [-0.3, -0.25) is 9.52 Å². The van der Waals surface area contributed by atoms with Gasteiger partial charge in [0.05, 0.1) is 10.5 Å². The lowest BCUT2D eigenvalue weighted by atomic mass is 10.1. The molecule has 1 amide bonds. The van der Waals surface area contributed by atoms with E-state index >= 15 is 0 Å². The lowest BCUT2D eigenvalue weighted by molar-refractivity contribution is -0.137. The lowest BCUT2D eigenvalue weighted by Crippen LogP contribution is -2.16. The summed E-state index contributed by atoms with van der Waals surface area (Å²) in [5.41, 5.74) is -0.273. The predicted molar refractivity (Wildman–Crippen MR) is 92.4 cm³/mol. The van der Waals surface area contributed by atoms with Crippen molar-refractivity contribution in [2.75, 3.05) is 10.0 Å². The molecule has 2 N–H and O–H groups in total. The SMILES string of the molecule is CCc1cc(NC(C)=O)ccc1S(=O)(=O)Nc1cccc(C(F)(F)F)c1. The summed E-state index contributed by atoms with van der Waals surface area (Å²) in [6.07, 6.45) is -4.22. The summed E-state index contributed by atoms with van der Waals surface area (Å²) in [4.78, 5) is 11.1. The van der Waals surface area contributed by atoms with Crippen molar-refractivity contribution in [1.29, 1.82) is 0 Å². The molecule has 2 aromatic carbocycles. The van der Waals surface area contributed by atoms with E-state index in [1.54, 1.807) is 6.92 Å². The van der Waals surface area contributed by atoms with Gasteiger partial charge in [0.1, 0.15) is 0 Å². The standard InChI is InChI=1S/C17H17F3N2O3S/c1-3-12-9-14(21-11(2)23)7-8-16(12)26(24,25)22-15-6-4-5-13(10-15)17(18,19)20/h4-10,22H,3H2,1-2H3,(H,21,23). The van der Waals surface area contributed by atoms with E-state index in [2.05, 4.69) is 10.0 Å². The molecule has 0 radical (unpaired) electrons. The number of carbonyl (C=O) groups excluding carboxylic acids is 1. The summed E-state index contributed by atoms with van der Waals surface area (Å²) in [6, 6.07) is 8.20. The largest absolute Gasteiger partial charge is 0.416 e. The van der Waals surface area contributed by atoms with Crippen molar-refractivity contribution >= 4 is 27.3 Å². The second kappa shape index (κ2) is 7.36. The summed E-state index contributed by atoms with van der Waals surface area (Å²) in [5.74, 6) is -0.301. The number of nitrogens with one attached hydrogen (secondary N) is 2. The normalized spacial score (nSPS) is 11.9. The molecule has 0 aliphatic carbocycles. The topological polar surface area (TPSA) is 75.3 Å². The Morgan fingerprint density at radius 1 is 1.08 bits per heavy atom. The summed E-state index contributed by atoms with van der Waals surface area (Å²) in [5, 5.41) is 2.55. The second-order valence-electron chi connectivity index (χ2n) is 5.54. The molecule has 0 aromatic heterocycles. The summed E-state index contributed by atoms with van der Waals surface area (Å²) < 4.78 is 65.7. The quantitative estimate of drug-likeness (QED) is 0.815. The minimum Gasteiger partial charge on any atom is -0.326 e. The number of benzene rings is 2. The number of carbonyl (C=O) groups is 1. The van der Waals surface area contributed by atoms with Crippen LogP contribution in [0.25, 0.3) is 0 Å². The van der Waals surface area contributed by atoms with E-state index in [1.807, 2.05) is 0 Å². The van der Waals surface area contributed by atoms with Gasteiger partial charge in [-0.2, -0.15) is 13.2 Å². The molecule has 0 bridgehead atoms. The maximum Gasteiger partial charge on any atom is 0.416 e. The van der Waals surface area contributed by atoms with Crippen LogP contribution in [0.5, 0.6) is 0 Å². The molecule has 2 aromatic rings. The van der Waals surface area contributed by atoms with E-state index in [0.29, 0.717) is 17.7 Å². The zero-order chi connectivity index (χ0) is 19.5. The van der Waals surface area contributed by atoms with E-state index in [4.69, 9.17) is 0 Å². The number of amides is 1. The minimum absolute atomic E-state index is 0.0634. The van der Waals surface area contributed by atoms with Crippen LogP contribution in [0.4, 0.5) is 24.5 Å². The first-order chi connectivity index (χ1) is 12.0. The van der Waals surface area contributed by atoms with Gasteiger partial charge in [0, 0.05) is 18.3 Å². The van der Waals surface area contributed by atoms with E-state index < -0.39 is 21.8 Å². The molecule has 140 valence electrons. The van der Waals surface area contributed by atoms with E-state index in [0.717, 1.165) is 18.2 Å². The first-order valence-corrected chi connectivity index (χ1v) is 9.12. The molecule has 0 aliphatic heterocycles. The average molecular weight is 386 g/mol. The van der Waals surface area contributed by atoms with Crippen molar-refractivity contribution < 1.29 is 26.4 Å². The first-order valence-electron chi connectivity index (χ1n) is 7.63. The smallest absolute Gasteiger partial charge is 0.326 e. The van der Waals surface area contributed by atoms with Gasteiger partial charge in [-0.05, 0) is 48.4 Å². The van der Waals surface area contributed by atoms with Crippen LogP contribution in [0.1, 0.15) is 25.0 Å². The Labute approximate surface area is 149 Å². The van der Waals surface area contributed by atoms with Crippen LogP contribution in [0.3, 0.4) is 0 Å². The fourth-order valence-corrected chi connectivity index (χ4v) is 3.71. The Kier molecular flexibility index (Phi) is 5.60. The lowest BCUT2D eigenvalue weighted by Gasteiger charge is -2.14.